The Morgan fingerprint density at radius 1 is 1.32 bits per heavy atom. The third kappa shape index (κ3) is 3.33. The van der Waals surface area contributed by atoms with Gasteiger partial charge in [-0.1, -0.05) is 54.1 Å². The molecule has 2 rings (SSSR count). The zero-order chi connectivity index (χ0) is 16.3. The van der Waals surface area contributed by atoms with Crippen molar-refractivity contribution in [1.29, 1.82) is 0 Å². The van der Waals surface area contributed by atoms with Gasteiger partial charge in [0.05, 0.1) is 5.03 Å². The summed E-state index contributed by atoms with van der Waals surface area (Å²) in [4.78, 5) is 14.6. The fourth-order valence-electron chi connectivity index (χ4n) is 2.74. The van der Waals surface area contributed by atoms with Crippen LogP contribution < -0.4 is 0 Å². The maximum atomic E-state index is 12.7. The molecule has 1 aliphatic heterocycles. The quantitative estimate of drug-likeness (QED) is 0.740. The lowest BCUT2D eigenvalue weighted by molar-refractivity contribution is -0.126. The van der Waals surface area contributed by atoms with E-state index in [1.807, 2.05) is 42.2 Å². The van der Waals surface area contributed by atoms with Crippen LogP contribution in [-0.4, -0.2) is 23.9 Å². The monoisotopic (exact) mass is 315 g/mol. The minimum absolute atomic E-state index is 0.00992. The summed E-state index contributed by atoms with van der Waals surface area (Å²) in [6, 6.07) is 7.85. The molecular formula is C19H22ClNO. The molecule has 0 bridgehead atoms. The lowest BCUT2D eigenvalue weighted by atomic mass is 10.00. The molecule has 1 heterocycles. The zero-order valence-corrected chi connectivity index (χ0v) is 14.2. The van der Waals surface area contributed by atoms with Gasteiger partial charge in [0.2, 0.25) is 0 Å². The van der Waals surface area contributed by atoms with Crippen LogP contribution in [0.25, 0.3) is 5.03 Å². The van der Waals surface area contributed by atoms with Gasteiger partial charge >= 0.3 is 0 Å². The lowest BCUT2D eigenvalue weighted by Gasteiger charge is -2.29. The van der Waals surface area contributed by atoms with Crippen molar-refractivity contribution in [3.8, 4) is 0 Å². The summed E-state index contributed by atoms with van der Waals surface area (Å²) in [6.45, 7) is 11.0. The molecule has 0 radical (unpaired) electrons. The first kappa shape index (κ1) is 16.6. The molecule has 3 heteroatoms. The summed E-state index contributed by atoms with van der Waals surface area (Å²) in [6.07, 6.45) is 2.75. The van der Waals surface area contributed by atoms with Gasteiger partial charge in [0.25, 0.3) is 5.91 Å². The second kappa shape index (κ2) is 6.97. The van der Waals surface area contributed by atoms with Gasteiger partial charge in [-0.05, 0) is 43.9 Å². The van der Waals surface area contributed by atoms with E-state index in [2.05, 4.69) is 13.5 Å². The second-order valence-corrected chi connectivity index (χ2v) is 6.12. The first-order valence-corrected chi connectivity index (χ1v) is 7.86. The predicted octanol–water partition coefficient (Wildman–Crippen LogP) is 4.70. The number of aryl methyl sites for hydroxylation is 1. The first-order valence-electron chi connectivity index (χ1n) is 7.48. The summed E-state index contributed by atoms with van der Waals surface area (Å²) in [5, 5.41) is 0.541. The summed E-state index contributed by atoms with van der Waals surface area (Å²) >= 11 is 6.47. The van der Waals surface area contributed by atoms with Crippen molar-refractivity contribution in [2.24, 2.45) is 0 Å². The molecule has 0 unspecified atom stereocenters. The van der Waals surface area contributed by atoms with Crippen molar-refractivity contribution in [2.45, 2.75) is 27.2 Å². The van der Waals surface area contributed by atoms with E-state index >= 15 is 0 Å². The molecule has 1 aromatic carbocycles. The molecule has 116 valence electrons. The minimum Gasteiger partial charge on any atom is -0.335 e. The van der Waals surface area contributed by atoms with Gasteiger partial charge in [-0.15, -0.1) is 0 Å². The van der Waals surface area contributed by atoms with Crippen LogP contribution in [0.1, 0.15) is 31.4 Å². The van der Waals surface area contributed by atoms with E-state index in [0.717, 1.165) is 17.5 Å². The standard InChI is InChI=1S/C19H22ClNO/c1-5-16-10-11-21(12-14(16)3)19(22)15(4)18(20)17-9-7-6-8-13(17)2/h5-9H,1,10-12H2,2-4H3/b18-15-. The van der Waals surface area contributed by atoms with Crippen LogP contribution in [0.4, 0.5) is 0 Å². The van der Waals surface area contributed by atoms with Gasteiger partial charge in [0.15, 0.2) is 0 Å². The number of nitrogens with zero attached hydrogens (tertiary/aromatic N) is 1. The van der Waals surface area contributed by atoms with Crippen molar-refractivity contribution >= 4 is 22.5 Å². The molecule has 0 aromatic heterocycles. The average Bonchev–Trinajstić information content (AvgIpc) is 2.53. The van der Waals surface area contributed by atoms with Crippen LogP contribution in [0.3, 0.4) is 0 Å². The largest absolute Gasteiger partial charge is 0.335 e. The normalized spacial score (nSPS) is 16.5. The predicted molar refractivity (Wildman–Crippen MR) is 93.7 cm³/mol. The molecule has 2 nitrogen and oxygen atoms in total. The van der Waals surface area contributed by atoms with Crippen molar-refractivity contribution in [1.82, 2.24) is 4.90 Å². The number of carbonyl (C=O) groups is 1. The van der Waals surface area contributed by atoms with Crippen molar-refractivity contribution in [3.63, 3.8) is 0 Å². The molecule has 0 saturated heterocycles. The second-order valence-electron chi connectivity index (χ2n) is 5.74. The number of allylic oxidation sites excluding steroid dienone is 1. The fraction of sp³-hybridized carbons (Fsp3) is 0.316. The van der Waals surface area contributed by atoms with E-state index in [1.165, 1.54) is 11.1 Å². The molecule has 0 saturated carbocycles. The van der Waals surface area contributed by atoms with Crippen LogP contribution in [0.2, 0.25) is 0 Å². The Labute approximate surface area is 137 Å². The molecular weight excluding hydrogens is 294 g/mol. The highest BCUT2D eigenvalue weighted by atomic mass is 35.5. The van der Waals surface area contributed by atoms with E-state index in [9.17, 15) is 4.79 Å². The first-order chi connectivity index (χ1) is 10.5. The molecule has 1 aliphatic rings. The summed E-state index contributed by atoms with van der Waals surface area (Å²) in [7, 11) is 0. The van der Waals surface area contributed by atoms with E-state index in [-0.39, 0.29) is 5.91 Å². The number of rotatable bonds is 3. The highest BCUT2D eigenvalue weighted by Gasteiger charge is 2.22. The van der Waals surface area contributed by atoms with Crippen molar-refractivity contribution in [3.05, 3.63) is 64.8 Å². The van der Waals surface area contributed by atoms with Gasteiger partial charge in [-0.3, -0.25) is 4.79 Å². The fourth-order valence-corrected chi connectivity index (χ4v) is 3.03. The third-order valence-electron chi connectivity index (χ3n) is 4.19. The number of amides is 1. The molecule has 0 N–H and O–H groups in total. The van der Waals surface area contributed by atoms with Crippen molar-refractivity contribution in [2.75, 3.05) is 13.1 Å². The van der Waals surface area contributed by atoms with Gasteiger partial charge in [0, 0.05) is 18.7 Å². The maximum Gasteiger partial charge on any atom is 0.251 e. The highest BCUT2D eigenvalue weighted by Crippen LogP contribution is 2.28. The Morgan fingerprint density at radius 3 is 2.59 bits per heavy atom. The molecule has 1 aromatic rings. The summed E-state index contributed by atoms with van der Waals surface area (Å²) in [5.74, 6) is 0.00992. The Hall–Kier alpha value is -1.80. The highest BCUT2D eigenvalue weighted by molar-refractivity contribution is 6.51. The zero-order valence-electron chi connectivity index (χ0n) is 13.4. The van der Waals surface area contributed by atoms with Crippen LogP contribution in [0.5, 0.6) is 0 Å². The Bertz CT molecular complexity index is 670. The van der Waals surface area contributed by atoms with Crippen LogP contribution in [0, 0.1) is 6.92 Å². The van der Waals surface area contributed by atoms with Gasteiger partial charge < -0.3 is 4.90 Å². The van der Waals surface area contributed by atoms with E-state index in [4.69, 9.17) is 11.6 Å². The Balaban J connectivity index is 2.26. The number of benzene rings is 1. The SMILES string of the molecule is C=CC1=C(C)CN(C(=O)/C(C)=C(\Cl)c2ccccc2C)CC1. The van der Waals surface area contributed by atoms with Crippen molar-refractivity contribution < 1.29 is 4.79 Å². The van der Waals surface area contributed by atoms with Gasteiger partial charge in [-0.2, -0.15) is 0 Å². The maximum absolute atomic E-state index is 12.7. The summed E-state index contributed by atoms with van der Waals surface area (Å²) < 4.78 is 0. The van der Waals surface area contributed by atoms with E-state index < -0.39 is 0 Å². The van der Waals surface area contributed by atoms with E-state index in [1.54, 1.807) is 6.92 Å². The van der Waals surface area contributed by atoms with Crippen LogP contribution in [-0.2, 0) is 4.79 Å². The van der Waals surface area contributed by atoms with Gasteiger partial charge in [-0.25, -0.2) is 0 Å². The van der Waals surface area contributed by atoms with Gasteiger partial charge in [0.1, 0.15) is 0 Å². The summed E-state index contributed by atoms with van der Waals surface area (Å²) in [5.41, 5.74) is 5.05. The molecule has 22 heavy (non-hydrogen) atoms. The van der Waals surface area contributed by atoms with Crippen LogP contribution >= 0.6 is 11.6 Å². The molecule has 1 amide bonds. The topological polar surface area (TPSA) is 20.3 Å². The number of halogens is 1. The number of carbonyl (C=O) groups excluding carboxylic acids is 1. The number of hydrogen-bond donors (Lipinski definition) is 0. The third-order valence-corrected chi connectivity index (χ3v) is 4.68. The minimum atomic E-state index is 0.00992. The number of hydrogen-bond acceptors (Lipinski definition) is 1. The molecule has 0 spiro atoms. The Morgan fingerprint density at radius 2 is 2.00 bits per heavy atom. The molecule has 0 fully saturated rings. The Kier molecular flexibility index (Phi) is 5.25. The smallest absolute Gasteiger partial charge is 0.251 e. The average molecular weight is 316 g/mol. The molecule has 0 aliphatic carbocycles. The lowest BCUT2D eigenvalue weighted by Crippen LogP contribution is -2.37. The molecule has 0 atom stereocenters. The van der Waals surface area contributed by atoms with E-state index in [0.29, 0.717) is 23.7 Å². The van der Waals surface area contributed by atoms with Crippen LogP contribution in [0.15, 0.2) is 53.6 Å².